The summed E-state index contributed by atoms with van der Waals surface area (Å²) in [7, 11) is 0. The van der Waals surface area contributed by atoms with Crippen molar-refractivity contribution in [2.24, 2.45) is 0 Å². The molecule has 0 radical (unpaired) electrons. The molecule has 1 saturated carbocycles. The summed E-state index contributed by atoms with van der Waals surface area (Å²) in [5.41, 5.74) is 1.68. The van der Waals surface area contributed by atoms with Crippen LogP contribution >= 0.6 is 31.9 Å². The van der Waals surface area contributed by atoms with E-state index in [2.05, 4.69) is 60.3 Å². The van der Waals surface area contributed by atoms with Crippen molar-refractivity contribution in [3.63, 3.8) is 0 Å². The van der Waals surface area contributed by atoms with Crippen molar-refractivity contribution in [2.75, 3.05) is 24.5 Å². The van der Waals surface area contributed by atoms with E-state index in [4.69, 9.17) is 0 Å². The number of nitrogens with zero attached hydrogens (tertiary/aromatic N) is 1. The van der Waals surface area contributed by atoms with Gasteiger partial charge in [-0.05, 0) is 59.9 Å². The van der Waals surface area contributed by atoms with Crippen molar-refractivity contribution in [1.29, 1.82) is 0 Å². The Balaban J connectivity index is 1.84. The first-order valence-corrected chi connectivity index (χ1v) is 9.22. The molecule has 1 heterocycles. The highest BCUT2D eigenvalue weighted by atomic mass is 79.9. The molecule has 1 spiro atoms. The normalized spacial score (nSPS) is 22.8. The van der Waals surface area contributed by atoms with Crippen molar-refractivity contribution in [2.45, 2.75) is 44.1 Å². The van der Waals surface area contributed by atoms with Crippen molar-refractivity contribution in [1.82, 2.24) is 5.32 Å². The second-order valence-corrected chi connectivity index (χ2v) is 7.91. The molecule has 1 aliphatic heterocycles. The lowest BCUT2D eigenvalue weighted by Crippen LogP contribution is -2.52. The first-order chi connectivity index (χ1) is 9.69. The minimum Gasteiger partial charge on any atom is -0.369 e. The summed E-state index contributed by atoms with van der Waals surface area (Å²) in [5.74, 6) is 0. The van der Waals surface area contributed by atoms with Gasteiger partial charge in [0.25, 0.3) is 0 Å². The lowest BCUT2D eigenvalue weighted by molar-refractivity contribution is 0.246. The van der Waals surface area contributed by atoms with Gasteiger partial charge in [-0.1, -0.05) is 35.2 Å². The molecule has 2 nitrogen and oxygen atoms in total. The maximum Gasteiger partial charge on any atom is 0.0512 e. The molecular formula is C16H22Br2N2. The van der Waals surface area contributed by atoms with Crippen molar-refractivity contribution >= 4 is 37.5 Å². The van der Waals surface area contributed by atoms with E-state index in [1.807, 2.05) is 0 Å². The highest BCUT2D eigenvalue weighted by Crippen LogP contribution is 2.35. The van der Waals surface area contributed by atoms with Crippen LogP contribution in [0.5, 0.6) is 0 Å². The Hall–Kier alpha value is -0.0600. The first-order valence-electron chi connectivity index (χ1n) is 7.64. The third kappa shape index (κ3) is 3.23. The molecule has 2 aliphatic rings. The Morgan fingerprint density at radius 1 is 1.05 bits per heavy atom. The van der Waals surface area contributed by atoms with E-state index in [0.717, 1.165) is 24.1 Å². The van der Waals surface area contributed by atoms with Crippen LogP contribution in [-0.4, -0.2) is 25.2 Å². The summed E-state index contributed by atoms with van der Waals surface area (Å²) < 4.78 is 2.33. The van der Waals surface area contributed by atoms with Gasteiger partial charge in [-0.25, -0.2) is 0 Å². The van der Waals surface area contributed by atoms with Gasteiger partial charge in [0.15, 0.2) is 0 Å². The Morgan fingerprint density at radius 3 is 2.60 bits per heavy atom. The molecule has 3 rings (SSSR count). The average Bonchev–Trinajstić information content (AvgIpc) is 2.63. The molecule has 1 N–H and O–H groups in total. The van der Waals surface area contributed by atoms with Crippen LogP contribution in [0.4, 0.5) is 5.69 Å². The summed E-state index contributed by atoms with van der Waals surface area (Å²) in [6.07, 6.45) is 8.05. The van der Waals surface area contributed by atoms with Crippen LogP contribution in [0, 0.1) is 0 Å². The van der Waals surface area contributed by atoms with Gasteiger partial charge in [0.1, 0.15) is 0 Å². The monoisotopic (exact) mass is 400 g/mol. The van der Waals surface area contributed by atoms with Gasteiger partial charge < -0.3 is 10.2 Å². The zero-order valence-corrected chi connectivity index (χ0v) is 15.0. The van der Waals surface area contributed by atoms with E-state index in [9.17, 15) is 0 Å². The van der Waals surface area contributed by atoms with Crippen LogP contribution in [0.15, 0.2) is 27.1 Å². The molecule has 0 bridgehead atoms. The number of anilines is 1. The van der Waals surface area contributed by atoms with Gasteiger partial charge >= 0.3 is 0 Å². The Labute approximate surface area is 138 Å². The molecule has 20 heavy (non-hydrogen) atoms. The van der Waals surface area contributed by atoms with Crippen LogP contribution in [0.1, 0.15) is 38.5 Å². The third-order valence-corrected chi connectivity index (χ3v) is 5.79. The van der Waals surface area contributed by atoms with Crippen LogP contribution in [-0.2, 0) is 0 Å². The molecule has 0 unspecified atom stereocenters. The van der Waals surface area contributed by atoms with Gasteiger partial charge in [-0.3, -0.25) is 0 Å². The van der Waals surface area contributed by atoms with E-state index in [1.165, 1.54) is 48.7 Å². The standard InChI is InChI=1S/C16H22Br2N2/c17-13-5-6-15(14(18)11-13)20-10-4-9-19-16(12-20)7-2-1-3-8-16/h5-6,11,19H,1-4,7-10,12H2. The second kappa shape index (κ2) is 6.37. The number of benzene rings is 1. The number of halogens is 2. The van der Waals surface area contributed by atoms with Crippen molar-refractivity contribution in [3.05, 3.63) is 27.1 Å². The van der Waals surface area contributed by atoms with Crippen molar-refractivity contribution < 1.29 is 0 Å². The van der Waals surface area contributed by atoms with Crippen LogP contribution in [0.3, 0.4) is 0 Å². The third-order valence-electron chi connectivity index (χ3n) is 4.66. The molecule has 4 heteroatoms. The zero-order chi connectivity index (χ0) is 14.0. The fourth-order valence-electron chi connectivity index (χ4n) is 3.63. The minimum atomic E-state index is 0.348. The Morgan fingerprint density at radius 2 is 1.85 bits per heavy atom. The highest BCUT2D eigenvalue weighted by Gasteiger charge is 2.35. The van der Waals surface area contributed by atoms with Crippen LogP contribution in [0.25, 0.3) is 0 Å². The summed E-state index contributed by atoms with van der Waals surface area (Å²) in [6.45, 7) is 3.45. The lowest BCUT2D eigenvalue weighted by atomic mass is 9.81. The average molecular weight is 402 g/mol. The molecule has 1 aromatic rings. The SMILES string of the molecule is Brc1ccc(N2CCCNC3(CCCCC3)C2)c(Br)c1. The number of hydrogen-bond donors (Lipinski definition) is 1. The van der Waals surface area contributed by atoms with Gasteiger partial charge in [0.2, 0.25) is 0 Å². The number of hydrogen-bond acceptors (Lipinski definition) is 2. The van der Waals surface area contributed by atoms with E-state index >= 15 is 0 Å². The number of nitrogens with one attached hydrogen (secondary N) is 1. The quantitative estimate of drug-likeness (QED) is 0.732. The molecule has 0 amide bonds. The Bertz CT molecular complexity index is 470. The summed E-state index contributed by atoms with van der Waals surface area (Å²) in [5, 5.41) is 3.86. The predicted octanol–water partition coefficient (Wildman–Crippen LogP) is 4.71. The molecule has 0 atom stereocenters. The highest BCUT2D eigenvalue weighted by molar-refractivity contribution is 9.11. The second-order valence-electron chi connectivity index (χ2n) is 6.14. The molecule has 1 saturated heterocycles. The van der Waals surface area contributed by atoms with Gasteiger partial charge in [-0.2, -0.15) is 0 Å². The van der Waals surface area contributed by atoms with Gasteiger partial charge in [0.05, 0.1) is 5.69 Å². The van der Waals surface area contributed by atoms with Gasteiger partial charge in [0, 0.05) is 27.6 Å². The minimum absolute atomic E-state index is 0.348. The summed E-state index contributed by atoms with van der Waals surface area (Å²) >= 11 is 7.27. The van der Waals surface area contributed by atoms with E-state index in [1.54, 1.807) is 0 Å². The largest absolute Gasteiger partial charge is 0.369 e. The maximum absolute atomic E-state index is 3.86. The zero-order valence-electron chi connectivity index (χ0n) is 11.8. The molecular weight excluding hydrogens is 380 g/mol. The van der Waals surface area contributed by atoms with E-state index in [0.29, 0.717) is 5.54 Å². The predicted molar refractivity (Wildman–Crippen MR) is 92.5 cm³/mol. The molecule has 1 aliphatic carbocycles. The van der Waals surface area contributed by atoms with Crippen LogP contribution < -0.4 is 10.2 Å². The maximum atomic E-state index is 3.86. The Kier molecular flexibility index (Phi) is 4.73. The summed E-state index contributed by atoms with van der Waals surface area (Å²) in [4.78, 5) is 2.57. The first kappa shape index (κ1) is 14.9. The summed E-state index contributed by atoms with van der Waals surface area (Å²) in [6, 6.07) is 6.53. The topological polar surface area (TPSA) is 15.3 Å². The molecule has 110 valence electrons. The lowest BCUT2D eigenvalue weighted by Gasteiger charge is -2.40. The molecule has 1 aromatic carbocycles. The van der Waals surface area contributed by atoms with Crippen LogP contribution in [0.2, 0.25) is 0 Å². The molecule has 0 aromatic heterocycles. The van der Waals surface area contributed by atoms with E-state index in [-0.39, 0.29) is 0 Å². The van der Waals surface area contributed by atoms with Crippen molar-refractivity contribution in [3.8, 4) is 0 Å². The molecule has 2 fully saturated rings. The van der Waals surface area contributed by atoms with E-state index < -0.39 is 0 Å². The van der Waals surface area contributed by atoms with Gasteiger partial charge in [-0.15, -0.1) is 0 Å². The smallest absolute Gasteiger partial charge is 0.0512 e. The number of rotatable bonds is 1. The fourth-order valence-corrected chi connectivity index (χ4v) is 4.93. The fraction of sp³-hybridized carbons (Fsp3) is 0.625.